The summed E-state index contributed by atoms with van der Waals surface area (Å²) in [6.07, 6.45) is 4.41. The summed E-state index contributed by atoms with van der Waals surface area (Å²) >= 11 is 5.12. The fraction of sp³-hybridized carbons (Fsp3) is 0.467. The van der Waals surface area contributed by atoms with Gasteiger partial charge in [-0.3, -0.25) is 4.79 Å². The molecule has 1 N–H and O–H groups in total. The number of nitrogens with zero attached hydrogens (tertiary/aromatic N) is 2. The standard InChI is InChI=1S/C15H18BrN3OS/c1-10(7-19-8-12(16)4-5-15(19)20)17-6-14-18-13(9-21-14)11-2-3-11/h4-5,8-11,17H,2-3,6-7H2,1H3/t10-/m0/s1. The summed E-state index contributed by atoms with van der Waals surface area (Å²) in [5.41, 5.74) is 1.28. The maximum absolute atomic E-state index is 11.8. The summed E-state index contributed by atoms with van der Waals surface area (Å²) in [5.74, 6) is 0.715. The Bertz CT molecular complexity index is 678. The van der Waals surface area contributed by atoms with E-state index in [1.54, 1.807) is 28.0 Å². The summed E-state index contributed by atoms with van der Waals surface area (Å²) in [6, 6.07) is 3.57. The molecule has 0 amide bonds. The molecular formula is C15H18BrN3OS. The molecule has 1 saturated carbocycles. The van der Waals surface area contributed by atoms with E-state index in [-0.39, 0.29) is 11.6 Å². The number of nitrogens with one attached hydrogen (secondary N) is 1. The predicted octanol–water partition coefficient (Wildman–Crippen LogP) is 3.12. The molecule has 2 aromatic rings. The molecule has 0 spiro atoms. The van der Waals surface area contributed by atoms with Crippen molar-refractivity contribution in [2.45, 2.75) is 44.8 Å². The number of aromatic nitrogens is 2. The van der Waals surface area contributed by atoms with Crippen LogP contribution in [0.2, 0.25) is 0 Å². The van der Waals surface area contributed by atoms with Crippen LogP contribution in [0.25, 0.3) is 0 Å². The van der Waals surface area contributed by atoms with Gasteiger partial charge < -0.3 is 9.88 Å². The van der Waals surface area contributed by atoms with Gasteiger partial charge in [-0.05, 0) is 41.8 Å². The topological polar surface area (TPSA) is 46.9 Å². The van der Waals surface area contributed by atoms with Crippen LogP contribution in [0.3, 0.4) is 0 Å². The molecule has 1 aliphatic carbocycles. The number of hydrogen-bond acceptors (Lipinski definition) is 4. The van der Waals surface area contributed by atoms with Crippen molar-refractivity contribution in [3.05, 3.63) is 49.2 Å². The van der Waals surface area contributed by atoms with E-state index >= 15 is 0 Å². The highest BCUT2D eigenvalue weighted by atomic mass is 79.9. The van der Waals surface area contributed by atoms with Gasteiger partial charge in [0.25, 0.3) is 5.56 Å². The maximum atomic E-state index is 11.8. The van der Waals surface area contributed by atoms with Gasteiger partial charge in [0.05, 0.1) is 5.69 Å². The second kappa shape index (κ2) is 6.42. The molecule has 4 nitrogen and oxygen atoms in total. The molecule has 1 fully saturated rings. The van der Waals surface area contributed by atoms with Crippen molar-refractivity contribution in [2.75, 3.05) is 0 Å². The van der Waals surface area contributed by atoms with Crippen LogP contribution in [0.15, 0.2) is 33.0 Å². The third-order valence-electron chi connectivity index (χ3n) is 3.58. The molecule has 0 radical (unpaired) electrons. The van der Waals surface area contributed by atoms with Crippen LogP contribution in [0.1, 0.15) is 36.4 Å². The summed E-state index contributed by atoms with van der Waals surface area (Å²) in [4.78, 5) is 16.4. The van der Waals surface area contributed by atoms with Gasteiger partial charge in [0.1, 0.15) is 5.01 Å². The van der Waals surface area contributed by atoms with Gasteiger partial charge in [-0.25, -0.2) is 4.98 Å². The van der Waals surface area contributed by atoms with Crippen molar-refractivity contribution in [3.8, 4) is 0 Å². The van der Waals surface area contributed by atoms with Gasteiger partial charge in [-0.1, -0.05) is 0 Å². The quantitative estimate of drug-likeness (QED) is 0.852. The van der Waals surface area contributed by atoms with Crippen molar-refractivity contribution >= 4 is 27.3 Å². The van der Waals surface area contributed by atoms with E-state index in [1.165, 1.54) is 18.5 Å². The van der Waals surface area contributed by atoms with E-state index < -0.39 is 0 Å². The molecule has 0 aromatic carbocycles. The van der Waals surface area contributed by atoms with Crippen LogP contribution in [0.5, 0.6) is 0 Å². The fourth-order valence-electron chi connectivity index (χ4n) is 2.24. The van der Waals surface area contributed by atoms with Gasteiger partial charge in [0.2, 0.25) is 0 Å². The van der Waals surface area contributed by atoms with Crippen molar-refractivity contribution in [3.63, 3.8) is 0 Å². The molecule has 1 atom stereocenters. The van der Waals surface area contributed by atoms with Crippen LogP contribution in [-0.2, 0) is 13.1 Å². The summed E-state index contributed by atoms with van der Waals surface area (Å²) in [5, 5.41) is 6.75. The summed E-state index contributed by atoms with van der Waals surface area (Å²) in [7, 11) is 0. The predicted molar refractivity (Wildman–Crippen MR) is 88.8 cm³/mol. The molecule has 0 aliphatic heterocycles. The number of thiazole rings is 1. The zero-order valence-electron chi connectivity index (χ0n) is 11.9. The molecule has 21 heavy (non-hydrogen) atoms. The molecular weight excluding hydrogens is 350 g/mol. The highest BCUT2D eigenvalue weighted by Crippen LogP contribution is 2.40. The van der Waals surface area contributed by atoms with E-state index in [2.05, 4.69) is 38.5 Å². The Hall–Kier alpha value is -0.980. The van der Waals surface area contributed by atoms with Crippen molar-refractivity contribution in [2.24, 2.45) is 0 Å². The van der Waals surface area contributed by atoms with Crippen LogP contribution in [0.4, 0.5) is 0 Å². The highest BCUT2D eigenvalue weighted by Gasteiger charge is 2.25. The number of halogens is 1. The summed E-state index contributed by atoms with van der Waals surface area (Å²) in [6.45, 7) is 3.50. The van der Waals surface area contributed by atoms with Crippen molar-refractivity contribution in [1.29, 1.82) is 0 Å². The molecule has 2 heterocycles. The zero-order chi connectivity index (χ0) is 14.8. The molecule has 2 aromatic heterocycles. The average Bonchev–Trinajstić information content (AvgIpc) is 3.20. The minimum Gasteiger partial charge on any atom is -0.313 e. The van der Waals surface area contributed by atoms with E-state index in [1.807, 2.05) is 6.20 Å². The van der Waals surface area contributed by atoms with Gasteiger partial charge >= 0.3 is 0 Å². The second-order valence-electron chi connectivity index (χ2n) is 5.56. The largest absolute Gasteiger partial charge is 0.313 e. The lowest BCUT2D eigenvalue weighted by molar-refractivity contribution is 0.468. The summed E-state index contributed by atoms with van der Waals surface area (Å²) < 4.78 is 2.64. The van der Waals surface area contributed by atoms with Crippen LogP contribution in [-0.4, -0.2) is 15.6 Å². The van der Waals surface area contributed by atoms with Crippen LogP contribution >= 0.6 is 27.3 Å². The maximum Gasteiger partial charge on any atom is 0.250 e. The van der Waals surface area contributed by atoms with Crippen LogP contribution in [0, 0.1) is 0 Å². The Morgan fingerprint density at radius 3 is 3.10 bits per heavy atom. The molecule has 1 aliphatic rings. The zero-order valence-corrected chi connectivity index (χ0v) is 14.3. The molecule has 0 bridgehead atoms. The second-order valence-corrected chi connectivity index (χ2v) is 7.42. The Morgan fingerprint density at radius 1 is 1.52 bits per heavy atom. The first-order chi connectivity index (χ1) is 10.1. The monoisotopic (exact) mass is 367 g/mol. The Labute approximate surface area is 136 Å². The lowest BCUT2D eigenvalue weighted by Crippen LogP contribution is -2.33. The molecule has 3 rings (SSSR count). The smallest absolute Gasteiger partial charge is 0.250 e. The normalized spacial score (nSPS) is 16.1. The first-order valence-corrected chi connectivity index (χ1v) is 8.83. The Morgan fingerprint density at radius 2 is 2.33 bits per heavy atom. The van der Waals surface area contributed by atoms with E-state index in [0.29, 0.717) is 12.5 Å². The number of hydrogen-bond donors (Lipinski definition) is 1. The van der Waals surface area contributed by atoms with E-state index in [4.69, 9.17) is 0 Å². The first kappa shape index (κ1) is 14.9. The Balaban J connectivity index is 1.54. The number of pyridine rings is 1. The Kier molecular flexibility index (Phi) is 4.57. The minimum atomic E-state index is 0.0251. The van der Waals surface area contributed by atoms with E-state index in [0.717, 1.165) is 16.0 Å². The molecule has 0 unspecified atom stereocenters. The van der Waals surface area contributed by atoms with Gasteiger partial charge in [0, 0.05) is 47.2 Å². The highest BCUT2D eigenvalue weighted by molar-refractivity contribution is 9.10. The van der Waals surface area contributed by atoms with Gasteiger partial charge in [0.15, 0.2) is 0 Å². The SMILES string of the molecule is C[C@@H](Cn1cc(Br)ccc1=O)NCc1nc(C2CC2)cs1. The molecule has 0 saturated heterocycles. The fourth-order valence-corrected chi connectivity index (χ4v) is 3.44. The van der Waals surface area contributed by atoms with Crippen molar-refractivity contribution < 1.29 is 0 Å². The van der Waals surface area contributed by atoms with Crippen molar-refractivity contribution in [1.82, 2.24) is 14.9 Å². The molecule has 112 valence electrons. The lowest BCUT2D eigenvalue weighted by Gasteiger charge is -2.14. The lowest BCUT2D eigenvalue weighted by atomic mass is 10.3. The van der Waals surface area contributed by atoms with Gasteiger partial charge in [-0.15, -0.1) is 11.3 Å². The molecule has 6 heteroatoms. The van der Waals surface area contributed by atoms with Crippen LogP contribution < -0.4 is 10.9 Å². The average molecular weight is 368 g/mol. The first-order valence-electron chi connectivity index (χ1n) is 7.15. The minimum absolute atomic E-state index is 0.0251. The number of rotatable bonds is 6. The van der Waals surface area contributed by atoms with Gasteiger partial charge in [-0.2, -0.15) is 0 Å². The van der Waals surface area contributed by atoms with E-state index in [9.17, 15) is 4.79 Å². The third kappa shape index (κ3) is 4.02. The third-order valence-corrected chi connectivity index (χ3v) is 4.92.